The van der Waals surface area contributed by atoms with Crippen LogP contribution >= 0.6 is 0 Å². The Hall–Kier alpha value is -1.33. The molecule has 5 heteroatoms. The number of carbonyl (C=O) groups is 1. The average Bonchev–Trinajstić information content (AvgIpc) is 3.12. The van der Waals surface area contributed by atoms with Crippen LogP contribution < -0.4 is 5.32 Å². The Morgan fingerprint density at radius 2 is 2.14 bits per heavy atom. The van der Waals surface area contributed by atoms with Gasteiger partial charge in [0.15, 0.2) is 0 Å². The van der Waals surface area contributed by atoms with E-state index in [1.54, 1.807) is 0 Å². The second-order valence-corrected chi connectivity index (χ2v) is 6.61. The van der Waals surface area contributed by atoms with Gasteiger partial charge in [-0.3, -0.25) is 4.79 Å². The lowest BCUT2D eigenvalue weighted by molar-refractivity contribution is 0.0613. The second kappa shape index (κ2) is 6.84. The van der Waals surface area contributed by atoms with Crippen molar-refractivity contribution in [2.45, 2.75) is 44.8 Å². The first-order chi connectivity index (χ1) is 10.6. The van der Waals surface area contributed by atoms with Crippen LogP contribution in [0.5, 0.6) is 0 Å². The van der Waals surface area contributed by atoms with Gasteiger partial charge < -0.3 is 19.5 Å². The Labute approximate surface area is 132 Å². The number of likely N-dealkylation sites (tertiary alicyclic amines) is 1. The van der Waals surface area contributed by atoms with Crippen molar-refractivity contribution in [3.8, 4) is 0 Å². The van der Waals surface area contributed by atoms with E-state index in [9.17, 15) is 4.79 Å². The molecule has 0 aliphatic carbocycles. The number of nitrogens with one attached hydrogen (secondary N) is 1. The molecule has 5 nitrogen and oxygen atoms in total. The number of ether oxygens (including phenoxy) is 1. The first-order valence-corrected chi connectivity index (χ1v) is 8.40. The number of hydrogen-bond acceptors (Lipinski definition) is 3. The summed E-state index contributed by atoms with van der Waals surface area (Å²) in [5.74, 6) is 0.0654. The molecule has 0 unspecified atom stereocenters. The summed E-state index contributed by atoms with van der Waals surface area (Å²) in [6, 6.07) is 2.20. The molecule has 0 bridgehead atoms. The topological polar surface area (TPSA) is 46.5 Å². The molecule has 2 fully saturated rings. The van der Waals surface area contributed by atoms with Crippen LogP contribution in [-0.4, -0.2) is 53.8 Å². The van der Waals surface area contributed by atoms with E-state index >= 15 is 0 Å². The largest absolute Gasteiger partial charge is 0.377 e. The predicted molar refractivity (Wildman–Crippen MR) is 86.1 cm³/mol. The highest BCUT2D eigenvalue weighted by molar-refractivity contribution is 5.95. The van der Waals surface area contributed by atoms with Crippen LogP contribution in [0.2, 0.25) is 0 Å². The Morgan fingerprint density at radius 1 is 1.36 bits per heavy atom. The molecular formula is C17H27N3O2. The summed E-state index contributed by atoms with van der Waals surface area (Å²) in [6.07, 6.45) is 6.83. The van der Waals surface area contributed by atoms with Crippen LogP contribution in [0.4, 0.5) is 0 Å². The molecule has 122 valence electrons. The summed E-state index contributed by atoms with van der Waals surface area (Å²) in [5.41, 5.74) is 1.82. The summed E-state index contributed by atoms with van der Waals surface area (Å²) in [4.78, 5) is 14.8. The van der Waals surface area contributed by atoms with Gasteiger partial charge >= 0.3 is 0 Å². The normalized spacial score (nSPS) is 23.8. The van der Waals surface area contributed by atoms with E-state index < -0.39 is 0 Å². The first kappa shape index (κ1) is 15.6. The van der Waals surface area contributed by atoms with Gasteiger partial charge in [0.05, 0.1) is 11.7 Å². The van der Waals surface area contributed by atoms with Crippen LogP contribution in [0, 0.1) is 6.92 Å². The maximum absolute atomic E-state index is 12.3. The zero-order chi connectivity index (χ0) is 15.5. The van der Waals surface area contributed by atoms with Crippen molar-refractivity contribution in [2.24, 2.45) is 7.05 Å². The monoisotopic (exact) mass is 305 g/mol. The third kappa shape index (κ3) is 3.52. The predicted octanol–water partition coefficient (Wildman–Crippen LogP) is 1.71. The van der Waals surface area contributed by atoms with E-state index in [4.69, 9.17) is 4.74 Å². The number of piperidine rings is 1. The number of aryl methyl sites for hydroxylation is 1. The minimum atomic E-state index is 0.0654. The van der Waals surface area contributed by atoms with Crippen LogP contribution in [0.1, 0.15) is 41.7 Å². The summed E-state index contributed by atoms with van der Waals surface area (Å²) < 4.78 is 7.69. The van der Waals surface area contributed by atoms with Crippen molar-refractivity contribution >= 4 is 5.91 Å². The van der Waals surface area contributed by atoms with Crippen LogP contribution in [0.15, 0.2) is 12.3 Å². The van der Waals surface area contributed by atoms with Crippen molar-refractivity contribution < 1.29 is 9.53 Å². The van der Waals surface area contributed by atoms with Gasteiger partial charge in [0.2, 0.25) is 0 Å². The van der Waals surface area contributed by atoms with E-state index in [1.165, 1.54) is 12.8 Å². The van der Waals surface area contributed by atoms with Crippen LogP contribution in [-0.2, 0) is 11.8 Å². The van der Waals surface area contributed by atoms with Crippen molar-refractivity contribution in [3.05, 3.63) is 23.5 Å². The van der Waals surface area contributed by atoms with E-state index in [-0.39, 0.29) is 5.91 Å². The average molecular weight is 305 g/mol. The molecule has 1 aromatic rings. The highest BCUT2D eigenvalue weighted by Gasteiger charge is 2.25. The van der Waals surface area contributed by atoms with Gasteiger partial charge in [0, 0.05) is 51.2 Å². The molecule has 1 atom stereocenters. The van der Waals surface area contributed by atoms with Gasteiger partial charge in [-0.25, -0.2) is 0 Å². The molecule has 0 aromatic carbocycles. The first-order valence-electron chi connectivity index (χ1n) is 8.40. The number of nitrogens with zero attached hydrogens (tertiary/aromatic N) is 2. The zero-order valence-corrected chi connectivity index (χ0v) is 13.7. The summed E-state index contributed by atoms with van der Waals surface area (Å²) in [7, 11) is 1.97. The Balaban J connectivity index is 1.45. The fourth-order valence-electron chi connectivity index (χ4n) is 3.45. The molecule has 1 aromatic heterocycles. The molecule has 0 radical (unpaired) electrons. The number of rotatable bonds is 4. The van der Waals surface area contributed by atoms with Gasteiger partial charge in [-0.2, -0.15) is 0 Å². The molecule has 22 heavy (non-hydrogen) atoms. The highest BCUT2D eigenvalue weighted by Crippen LogP contribution is 2.17. The maximum Gasteiger partial charge on any atom is 0.253 e. The molecule has 2 saturated heterocycles. The molecule has 3 rings (SSSR count). The van der Waals surface area contributed by atoms with Crippen molar-refractivity contribution in [1.82, 2.24) is 14.8 Å². The molecule has 1 amide bonds. The minimum absolute atomic E-state index is 0.0654. The van der Waals surface area contributed by atoms with Gasteiger partial charge in [-0.15, -0.1) is 0 Å². The Bertz CT molecular complexity index is 512. The fourth-order valence-corrected chi connectivity index (χ4v) is 3.45. The van der Waals surface area contributed by atoms with Gasteiger partial charge in [0.25, 0.3) is 5.91 Å². The van der Waals surface area contributed by atoms with Crippen LogP contribution in [0.25, 0.3) is 0 Å². The van der Waals surface area contributed by atoms with Crippen molar-refractivity contribution in [1.29, 1.82) is 0 Å². The lowest BCUT2D eigenvalue weighted by Crippen LogP contribution is -2.46. The zero-order valence-electron chi connectivity index (χ0n) is 13.7. The SMILES string of the molecule is Cc1c(C(=O)NC2CCN(C[C@@H]3CCCO3)CC2)ccn1C. The third-order valence-corrected chi connectivity index (χ3v) is 5.04. The molecule has 2 aliphatic heterocycles. The molecule has 0 spiro atoms. The molecule has 3 heterocycles. The summed E-state index contributed by atoms with van der Waals surface area (Å²) >= 11 is 0. The molecule has 1 N–H and O–H groups in total. The van der Waals surface area contributed by atoms with Crippen LogP contribution in [0.3, 0.4) is 0 Å². The maximum atomic E-state index is 12.3. The van der Waals surface area contributed by atoms with E-state index in [1.807, 2.05) is 30.8 Å². The molecule has 2 aliphatic rings. The quantitative estimate of drug-likeness (QED) is 0.921. The number of aromatic nitrogens is 1. The standard InChI is InChI=1S/C17H27N3O2/c1-13-16(7-8-19(13)2)17(21)18-14-5-9-20(10-6-14)12-15-4-3-11-22-15/h7-8,14-15H,3-6,9-12H2,1-2H3,(H,18,21)/t15-/m0/s1. The van der Waals surface area contributed by atoms with E-state index in [0.29, 0.717) is 12.1 Å². The lowest BCUT2D eigenvalue weighted by atomic mass is 10.0. The van der Waals surface area contributed by atoms with Gasteiger partial charge in [0.1, 0.15) is 0 Å². The molecule has 0 saturated carbocycles. The number of amides is 1. The number of hydrogen-bond donors (Lipinski definition) is 1. The minimum Gasteiger partial charge on any atom is -0.377 e. The highest BCUT2D eigenvalue weighted by atomic mass is 16.5. The van der Waals surface area contributed by atoms with Crippen molar-refractivity contribution in [2.75, 3.05) is 26.2 Å². The Kier molecular flexibility index (Phi) is 4.84. The van der Waals surface area contributed by atoms with E-state index in [0.717, 1.165) is 50.3 Å². The van der Waals surface area contributed by atoms with Gasteiger partial charge in [-0.05, 0) is 38.7 Å². The fraction of sp³-hybridized carbons (Fsp3) is 0.706. The Morgan fingerprint density at radius 3 is 2.73 bits per heavy atom. The lowest BCUT2D eigenvalue weighted by Gasteiger charge is -2.33. The smallest absolute Gasteiger partial charge is 0.253 e. The van der Waals surface area contributed by atoms with Gasteiger partial charge in [-0.1, -0.05) is 0 Å². The van der Waals surface area contributed by atoms with Crippen molar-refractivity contribution in [3.63, 3.8) is 0 Å². The summed E-state index contributed by atoms with van der Waals surface area (Å²) in [6.45, 7) is 6.07. The molecular weight excluding hydrogens is 278 g/mol. The second-order valence-electron chi connectivity index (χ2n) is 6.61. The number of carbonyl (C=O) groups excluding carboxylic acids is 1. The van der Waals surface area contributed by atoms with E-state index in [2.05, 4.69) is 10.2 Å². The summed E-state index contributed by atoms with van der Waals surface area (Å²) in [5, 5.41) is 3.19. The third-order valence-electron chi connectivity index (χ3n) is 5.04.